The number of halogens is 1. The zero-order valence-electron chi connectivity index (χ0n) is 13.2. The Morgan fingerprint density at radius 2 is 1.67 bits per heavy atom. The Labute approximate surface area is 148 Å². The van der Waals surface area contributed by atoms with Gasteiger partial charge in [-0.1, -0.05) is 28.1 Å². The fourth-order valence-corrected chi connectivity index (χ4v) is 3.25. The van der Waals surface area contributed by atoms with Crippen LogP contribution in [-0.4, -0.2) is 29.3 Å². The molecule has 0 atom stereocenters. The van der Waals surface area contributed by atoms with Gasteiger partial charge >= 0.3 is 0 Å². The molecule has 3 rings (SSSR count). The lowest BCUT2D eigenvalue weighted by atomic mass is 10.1. The lowest BCUT2D eigenvalue weighted by Crippen LogP contribution is -2.43. The highest BCUT2D eigenvalue weighted by atomic mass is 79.9. The fraction of sp³-hybridized carbons (Fsp3) is 0.167. The van der Waals surface area contributed by atoms with Gasteiger partial charge in [0, 0.05) is 17.1 Å². The highest BCUT2D eigenvalue weighted by Crippen LogP contribution is 2.27. The van der Waals surface area contributed by atoms with Gasteiger partial charge in [0.1, 0.15) is 6.67 Å². The van der Waals surface area contributed by atoms with Gasteiger partial charge in [-0.15, -0.1) is 0 Å². The van der Waals surface area contributed by atoms with Crippen LogP contribution in [0.5, 0.6) is 0 Å². The van der Waals surface area contributed by atoms with E-state index in [-0.39, 0.29) is 24.4 Å². The van der Waals surface area contributed by atoms with E-state index in [0.717, 1.165) is 14.9 Å². The summed E-state index contributed by atoms with van der Waals surface area (Å²) >= 11 is 3.39. The number of fused-ring (bicyclic) bond motifs is 1. The first-order chi connectivity index (χ1) is 11.4. The van der Waals surface area contributed by atoms with E-state index in [0.29, 0.717) is 16.8 Å². The molecule has 0 radical (unpaired) electrons. The number of carbonyl (C=O) groups excluding carboxylic acids is 3. The Bertz CT molecular complexity index is 828. The zero-order valence-corrected chi connectivity index (χ0v) is 14.8. The summed E-state index contributed by atoms with van der Waals surface area (Å²) in [6.45, 7) is 3.18. The van der Waals surface area contributed by atoms with E-state index >= 15 is 0 Å². The maximum absolute atomic E-state index is 12.5. The summed E-state index contributed by atoms with van der Waals surface area (Å²) in [5.41, 5.74) is 2.29. The first kappa shape index (κ1) is 16.4. The van der Waals surface area contributed by atoms with Gasteiger partial charge in [0.15, 0.2) is 0 Å². The van der Waals surface area contributed by atoms with Gasteiger partial charge in [-0.3, -0.25) is 24.2 Å². The molecule has 1 heterocycles. The lowest BCUT2D eigenvalue weighted by molar-refractivity contribution is -0.116. The average Bonchev–Trinajstić information content (AvgIpc) is 2.78. The second-order valence-electron chi connectivity index (χ2n) is 5.60. The van der Waals surface area contributed by atoms with E-state index < -0.39 is 0 Å². The largest absolute Gasteiger partial charge is 0.294 e. The number of aryl methyl sites for hydroxylation is 1. The van der Waals surface area contributed by atoms with Crippen LogP contribution in [0.2, 0.25) is 0 Å². The first-order valence-corrected chi connectivity index (χ1v) is 8.19. The average molecular weight is 387 g/mol. The summed E-state index contributed by atoms with van der Waals surface area (Å²) in [5.74, 6) is -0.995. The van der Waals surface area contributed by atoms with Crippen LogP contribution in [0.15, 0.2) is 46.9 Å². The van der Waals surface area contributed by atoms with Crippen molar-refractivity contribution in [2.45, 2.75) is 13.8 Å². The molecule has 5 nitrogen and oxygen atoms in total. The third-order valence-electron chi connectivity index (χ3n) is 3.99. The molecule has 0 saturated carbocycles. The Balaban J connectivity index is 1.95. The van der Waals surface area contributed by atoms with Gasteiger partial charge in [-0.25, -0.2) is 0 Å². The number of hydrogen-bond acceptors (Lipinski definition) is 3. The van der Waals surface area contributed by atoms with Crippen molar-refractivity contribution in [3.05, 3.63) is 63.6 Å². The number of nitrogens with zero attached hydrogens (tertiary/aromatic N) is 2. The minimum atomic E-state index is -0.378. The molecule has 2 aromatic rings. The van der Waals surface area contributed by atoms with Gasteiger partial charge < -0.3 is 0 Å². The molecule has 24 heavy (non-hydrogen) atoms. The topological polar surface area (TPSA) is 57.7 Å². The second-order valence-corrected chi connectivity index (χ2v) is 6.52. The van der Waals surface area contributed by atoms with Crippen molar-refractivity contribution in [1.82, 2.24) is 4.90 Å². The third kappa shape index (κ3) is 2.73. The molecule has 2 aromatic carbocycles. The predicted octanol–water partition coefficient (Wildman–Crippen LogP) is 3.36. The van der Waals surface area contributed by atoms with Gasteiger partial charge in [0.2, 0.25) is 5.91 Å². The van der Waals surface area contributed by atoms with Crippen molar-refractivity contribution in [2.75, 3.05) is 11.6 Å². The SMILES string of the molecule is CC(=O)N(CN1C(=O)c2ccccc2C1=O)c1ccc(Br)cc1C. The Morgan fingerprint density at radius 3 is 2.17 bits per heavy atom. The molecule has 0 saturated heterocycles. The van der Waals surface area contributed by atoms with Crippen molar-refractivity contribution in [2.24, 2.45) is 0 Å². The maximum Gasteiger partial charge on any atom is 0.263 e. The quantitative estimate of drug-likeness (QED) is 0.759. The number of benzene rings is 2. The van der Waals surface area contributed by atoms with Crippen LogP contribution < -0.4 is 4.90 Å². The summed E-state index contributed by atoms with van der Waals surface area (Å²) in [4.78, 5) is 39.6. The second kappa shape index (κ2) is 6.20. The van der Waals surface area contributed by atoms with E-state index in [1.54, 1.807) is 30.3 Å². The fourth-order valence-electron chi connectivity index (χ4n) is 2.78. The van der Waals surface area contributed by atoms with Crippen molar-refractivity contribution in [3.63, 3.8) is 0 Å². The van der Waals surface area contributed by atoms with Crippen molar-refractivity contribution >= 4 is 39.3 Å². The van der Waals surface area contributed by atoms with Crippen molar-refractivity contribution in [1.29, 1.82) is 0 Å². The molecule has 1 aliphatic heterocycles. The van der Waals surface area contributed by atoms with Gasteiger partial charge in [0.05, 0.1) is 11.1 Å². The standard InChI is InChI=1S/C18H15BrN2O3/c1-11-9-13(19)7-8-16(11)20(12(2)22)10-21-17(23)14-5-3-4-6-15(14)18(21)24/h3-9H,10H2,1-2H3. The van der Waals surface area contributed by atoms with E-state index in [9.17, 15) is 14.4 Å². The van der Waals surface area contributed by atoms with Crippen LogP contribution in [0.3, 0.4) is 0 Å². The molecule has 1 aliphatic rings. The summed E-state index contributed by atoms with van der Waals surface area (Å²) in [7, 11) is 0. The molecule has 0 aromatic heterocycles. The summed E-state index contributed by atoms with van der Waals surface area (Å²) < 4.78 is 0.896. The van der Waals surface area contributed by atoms with E-state index in [1.165, 1.54) is 11.8 Å². The molecule has 0 fully saturated rings. The van der Waals surface area contributed by atoms with Gasteiger partial charge in [0.25, 0.3) is 11.8 Å². The number of amides is 3. The highest BCUT2D eigenvalue weighted by Gasteiger charge is 2.36. The predicted molar refractivity (Wildman–Crippen MR) is 93.8 cm³/mol. The minimum Gasteiger partial charge on any atom is -0.294 e. The van der Waals surface area contributed by atoms with E-state index in [4.69, 9.17) is 0 Å². The van der Waals surface area contributed by atoms with Crippen molar-refractivity contribution in [3.8, 4) is 0 Å². The van der Waals surface area contributed by atoms with Crippen molar-refractivity contribution < 1.29 is 14.4 Å². The highest BCUT2D eigenvalue weighted by molar-refractivity contribution is 9.10. The Hall–Kier alpha value is -2.47. The van der Waals surface area contributed by atoms with Gasteiger partial charge in [-0.05, 0) is 42.8 Å². The molecule has 3 amide bonds. The third-order valence-corrected chi connectivity index (χ3v) is 4.48. The molecular formula is C18H15BrN2O3. The number of imide groups is 1. The molecule has 0 bridgehead atoms. The van der Waals surface area contributed by atoms with Gasteiger partial charge in [-0.2, -0.15) is 0 Å². The molecule has 0 unspecified atom stereocenters. The first-order valence-electron chi connectivity index (χ1n) is 7.39. The van der Waals surface area contributed by atoms with Crippen LogP contribution in [0.4, 0.5) is 5.69 Å². The molecular weight excluding hydrogens is 372 g/mol. The van der Waals surface area contributed by atoms with E-state index in [2.05, 4.69) is 15.9 Å². The van der Waals surface area contributed by atoms with Crippen LogP contribution in [0.1, 0.15) is 33.2 Å². The van der Waals surface area contributed by atoms with E-state index in [1.807, 2.05) is 19.1 Å². The monoisotopic (exact) mass is 386 g/mol. The molecule has 0 aliphatic carbocycles. The summed E-state index contributed by atoms with van der Waals surface area (Å²) in [6, 6.07) is 12.2. The normalized spacial score (nSPS) is 13.2. The van der Waals surface area contributed by atoms with Crippen LogP contribution >= 0.6 is 15.9 Å². The summed E-state index contributed by atoms with van der Waals surface area (Å²) in [5, 5.41) is 0. The number of carbonyl (C=O) groups is 3. The number of anilines is 1. The number of hydrogen-bond donors (Lipinski definition) is 0. The molecule has 6 heteroatoms. The zero-order chi connectivity index (χ0) is 17.4. The molecule has 0 N–H and O–H groups in total. The molecule has 0 spiro atoms. The smallest absolute Gasteiger partial charge is 0.263 e. The van der Waals surface area contributed by atoms with Crippen LogP contribution in [0, 0.1) is 6.92 Å². The minimum absolute atomic E-state index is 0.107. The number of rotatable bonds is 3. The molecule has 122 valence electrons. The Kier molecular flexibility index (Phi) is 4.24. The van der Waals surface area contributed by atoms with Crippen LogP contribution in [0.25, 0.3) is 0 Å². The summed E-state index contributed by atoms with van der Waals surface area (Å²) in [6.07, 6.45) is 0. The van der Waals surface area contributed by atoms with Crippen LogP contribution in [-0.2, 0) is 4.79 Å². The Morgan fingerprint density at radius 1 is 1.08 bits per heavy atom. The lowest BCUT2D eigenvalue weighted by Gasteiger charge is -2.27. The maximum atomic E-state index is 12.5.